The third-order valence-corrected chi connectivity index (χ3v) is 10.5. The summed E-state index contributed by atoms with van der Waals surface area (Å²) in [5, 5.41) is 11.7. The Kier molecular flexibility index (Phi) is 6.67. The first-order valence-electron chi connectivity index (χ1n) is 15.8. The number of rotatable bonds is 6. The van der Waals surface area contributed by atoms with Crippen molar-refractivity contribution >= 4 is 33.4 Å². The fraction of sp³-hybridized carbons (Fsp3) is 0.400. The lowest BCUT2D eigenvalue weighted by atomic mass is 9.95. The number of phenols is 1. The average molecular weight is 612 g/mol. The fourth-order valence-corrected chi connectivity index (χ4v) is 8.42. The van der Waals surface area contributed by atoms with Gasteiger partial charge in [0.1, 0.15) is 29.5 Å². The van der Waals surface area contributed by atoms with Crippen LogP contribution in [0.5, 0.6) is 11.8 Å². The molecule has 4 fully saturated rings. The highest BCUT2D eigenvalue weighted by Gasteiger charge is 2.45. The number of carbonyl (C=O) groups is 1. The van der Waals surface area contributed by atoms with Crippen molar-refractivity contribution in [3.8, 4) is 22.9 Å². The van der Waals surface area contributed by atoms with E-state index in [1.807, 2.05) is 4.90 Å². The molecule has 1 amide bonds. The van der Waals surface area contributed by atoms with Gasteiger partial charge in [-0.25, -0.2) is 8.78 Å². The van der Waals surface area contributed by atoms with Gasteiger partial charge in [-0.05, 0) is 92.9 Å². The molecule has 8 rings (SSSR count). The van der Waals surface area contributed by atoms with E-state index >= 15 is 8.78 Å². The number of benzene rings is 3. The Bertz CT molecular complexity index is 1840. The predicted octanol–water partition coefficient (Wildman–Crippen LogP) is 5.81. The van der Waals surface area contributed by atoms with Crippen LogP contribution < -0.4 is 9.64 Å². The quantitative estimate of drug-likeness (QED) is 0.276. The Hall–Kier alpha value is -4.31. The Balaban J connectivity index is 1.25. The molecule has 232 valence electrons. The van der Waals surface area contributed by atoms with Crippen molar-refractivity contribution in [3.05, 3.63) is 66.8 Å². The summed E-state index contributed by atoms with van der Waals surface area (Å²) < 4.78 is 38.3. The van der Waals surface area contributed by atoms with Crippen LogP contribution in [0.25, 0.3) is 32.8 Å². The van der Waals surface area contributed by atoms with E-state index in [0.29, 0.717) is 36.3 Å². The number of hydrogen-bond donors (Lipinski definition) is 1. The van der Waals surface area contributed by atoms with Gasteiger partial charge in [0.05, 0.1) is 5.54 Å². The molecule has 4 aromatic rings. The molecular formula is C35H35F2N5O3. The smallest absolute Gasteiger partial charge is 0.319 e. The van der Waals surface area contributed by atoms with Gasteiger partial charge in [-0.15, -0.1) is 0 Å². The lowest BCUT2D eigenvalue weighted by Gasteiger charge is -2.41. The second-order valence-electron chi connectivity index (χ2n) is 12.9. The molecule has 4 aliphatic rings. The number of nitrogens with zero attached hydrogens (tertiary/aromatic N) is 5. The molecule has 0 unspecified atom stereocenters. The largest absolute Gasteiger partial charge is 0.508 e. The zero-order valence-corrected chi connectivity index (χ0v) is 25.0. The van der Waals surface area contributed by atoms with Gasteiger partial charge in [0.15, 0.2) is 5.82 Å². The van der Waals surface area contributed by atoms with Crippen LogP contribution in [0.15, 0.2) is 55.1 Å². The SMILES string of the molecule is C=CC(=O)N1[C@@H]2CC[C@H]1CN(c1nc(OCC34CCCN3CCC4)nc3c(F)c(-c4cc(O)cc5cccc(F)c45)ccc13)C2. The number of amides is 1. The molecular weight excluding hydrogens is 576 g/mol. The summed E-state index contributed by atoms with van der Waals surface area (Å²) in [6.07, 6.45) is 7.45. The van der Waals surface area contributed by atoms with Gasteiger partial charge < -0.3 is 19.6 Å². The number of halogens is 2. The van der Waals surface area contributed by atoms with Crippen LogP contribution in [0.1, 0.15) is 38.5 Å². The minimum atomic E-state index is -0.638. The molecule has 45 heavy (non-hydrogen) atoms. The van der Waals surface area contributed by atoms with Crippen molar-refractivity contribution < 1.29 is 23.4 Å². The molecule has 0 saturated carbocycles. The number of anilines is 1. The molecule has 2 bridgehead atoms. The van der Waals surface area contributed by atoms with Gasteiger partial charge in [0.2, 0.25) is 5.91 Å². The number of aromatic nitrogens is 2. The first-order chi connectivity index (χ1) is 21.8. The van der Waals surface area contributed by atoms with E-state index in [-0.39, 0.29) is 57.3 Å². The molecule has 3 aromatic carbocycles. The van der Waals surface area contributed by atoms with Gasteiger partial charge >= 0.3 is 6.01 Å². The van der Waals surface area contributed by atoms with Crippen LogP contribution in [0, 0.1) is 11.6 Å². The summed E-state index contributed by atoms with van der Waals surface area (Å²) in [6, 6.07) is 10.9. The maximum atomic E-state index is 16.8. The van der Waals surface area contributed by atoms with E-state index in [0.717, 1.165) is 51.6 Å². The third-order valence-electron chi connectivity index (χ3n) is 10.5. The lowest BCUT2D eigenvalue weighted by molar-refractivity contribution is -0.129. The van der Waals surface area contributed by atoms with Crippen molar-refractivity contribution in [1.29, 1.82) is 0 Å². The van der Waals surface area contributed by atoms with Crippen LogP contribution in [0.3, 0.4) is 0 Å². The molecule has 1 aromatic heterocycles. The van der Waals surface area contributed by atoms with E-state index in [1.165, 1.54) is 24.3 Å². The minimum absolute atomic E-state index is 0.00110. The Labute approximate surface area is 259 Å². The van der Waals surface area contributed by atoms with Crippen molar-refractivity contribution in [3.63, 3.8) is 0 Å². The number of carbonyl (C=O) groups excluding carboxylic acids is 1. The fourth-order valence-electron chi connectivity index (χ4n) is 8.42. The third kappa shape index (κ3) is 4.52. The second-order valence-corrected chi connectivity index (χ2v) is 12.9. The summed E-state index contributed by atoms with van der Waals surface area (Å²) >= 11 is 0. The molecule has 10 heteroatoms. The number of ether oxygens (including phenoxy) is 1. The van der Waals surface area contributed by atoms with Gasteiger partial charge in [-0.2, -0.15) is 9.97 Å². The van der Waals surface area contributed by atoms with Crippen molar-refractivity contribution in [2.75, 3.05) is 37.7 Å². The zero-order valence-electron chi connectivity index (χ0n) is 25.0. The van der Waals surface area contributed by atoms with E-state index < -0.39 is 11.6 Å². The van der Waals surface area contributed by atoms with Crippen LogP contribution in [0.4, 0.5) is 14.6 Å². The lowest BCUT2D eigenvalue weighted by Crippen LogP contribution is -2.55. The summed E-state index contributed by atoms with van der Waals surface area (Å²) in [6.45, 7) is 7.31. The van der Waals surface area contributed by atoms with Gasteiger partial charge in [-0.3, -0.25) is 9.69 Å². The highest BCUT2D eigenvalue weighted by Crippen LogP contribution is 2.42. The number of aromatic hydroxyl groups is 1. The highest BCUT2D eigenvalue weighted by molar-refractivity contribution is 6.01. The maximum absolute atomic E-state index is 16.8. The standard InChI is InChI=1S/C35H35F2N5O3/c1-2-29(44)42-22-8-9-23(42)19-40(18-22)33-26-11-10-25(27-17-24(43)16-21-6-3-7-28(36)30(21)27)31(37)32(26)38-34(39-33)45-20-35-12-4-14-41(35)15-5-13-35/h2-3,6-7,10-11,16-17,22-23,43H,1,4-5,8-9,12-15,18-20H2/t22-,23+. The van der Waals surface area contributed by atoms with Gasteiger partial charge in [0.25, 0.3) is 0 Å². The minimum Gasteiger partial charge on any atom is -0.508 e. The summed E-state index contributed by atoms with van der Waals surface area (Å²) in [4.78, 5) is 28.7. The van der Waals surface area contributed by atoms with Crippen molar-refractivity contribution in [2.45, 2.75) is 56.1 Å². The Morgan fingerprint density at radius 3 is 2.53 bits per heavy atom. The molecule has 8 nitrogen and oxygen atoms in total. The summed E-state index contributed by atoms with van der Waals surface area (Å²) in [7, 11) is 0. The van der Waals surface area contributed by atoms with Crippen LogP contribution in [-0.4, -0.2) is 81.2 Å². The first kappa shape index (κ1) is 28.2. The van der Waals surface area contributed by atoms with Crippen LogP contribution >= 0.6 is 0 Å². The van der Waals surface area contributed by atoms with E-state index in [9.17, 15) is 9.90 Å². The molecule has 0 spiro atoms. The topological polar surface area (TPSA) is 82.0 Å². The van der Waals surface area contributed by atoms with Crippen molar-refractivity contribution in [2.24, 2.45) is 0 Å². The number of hydrogen-bond acceptors (Lipinski definition) is 7. The summed E-state index contributed by atoms with van der Waals surface area (Å²) in [5.74, 6) is -0.747. The monoisotopic (exact) mass is 611 g/mol. The second kappa shape index (κ2) is 10.7. The first-order valence-corrected chi connectivity index (χ1v) is 15.8. The normalized spacial score (nSPS) is 22.4. The number of fused-ring (bicyclic) bond motifs is 5. The van der Waals surface area contributed by atoms with E-state index in [4.69, 9.17) is 9.72 Å². The molecule has 2 atom stereocenters. The molecule has 0 radical (unpaired) electrons. The van der Waals surface area contributed by atoms with Crippen LogP contribution in [-0.2, 0) is 4.79 Å². The molecule has 1 N–H and O–H groups in total. The van der Waals surface area contributed by atoms with Gasteiger partial charge in [-0.1, -0.05) is 24.8 Å². The summed E-state index contributed by atoms with van der Waals surface area (Å²) in [5.41, 5.74) is 0.393. The average Bonchev–Trinajstić information content (AvgIpc) is 3.70. The number of piperazine rings is 1. The highest BCUT2D eigenvalue weighted by atomic mass is 19.1. The number of phenolic OH excluding ortho intramolecular Hbond substituents is 1. The van der Waals surface area contributed by atoms with Crippen LogP contribution in [0.2, 0.25) is 0 Å². The van der Waals surface area contributed by atoms with E-state index in [1.54, 1.807) is 24.3 Å². The Morgan fingerprint density at radius 2 is 1.80 bits per heavy atom. The molecule has 4 aliphatic heterocycles. The zero-order chi connectivity index (χ0) is 30.9. The molecule has 5 heterocycles. The maximum Gasteiger partial charge on any atom is 0.319 e. The predicted molar refractivity (Wildman–Crippen MR) is 168 cm³/mol. The Morgan fingerprint density at radius 1 is 1.04 bits per heavy atom. The van der Waals surface area contributed by atoms with Gasteiger partial charge in [0, 0.05) is 41.5 Å². The van der Waals surface area contributed by atoms with Crippen molar-refractivity contribution in [1.82, 2.24) is 19.8 Å². The van der Waals surface area contributed by atoms with E-state index in [2.05, 4.69) is 21.4 Å². The molecule has 4 saturated heterocycles. The molecule has 0 aliphatic carbocycles.